The Kier molecular flexibility index (Phi) is 6.07. The summed E-state index contributed by atoms with van der Waals surface area (Å²) in [6, 6.07) is 23.4. The predicted octanol–water partition coefficient (Wildman–Crippen LogP) is 4.57. The van der Waals surface area contributed by atoms with Crippen molar-refractivity contribution in [2.45, 2.75) is 13.0 Å². The Morgan fingerprint density at radius 3 is 2.04 bits per heavy atom. The number of hydrogen-bond donors (Lipinski definition) is 2. The number of carbonyl (C=O) groups excluding carboxylic acids is 2. The number of ether oxygens (including phenoxy) is 1. The number of carbonyl (C=O) groups is 2. The SMILES string of the molecule is COC(=O)c1ccc(N[C@@H](C(=O)Nc2ccc(C)cc2)c2ccccc2)cc1. The molecular formula is C23H22N2O3. The quantitative estimate of drug-likeness (QED) is 0.620. The first kappa shape index (κ1) is 19.2. The van der Waals surface area contributed by atoms with Gasteiger partial charge in [0, 0.05) is 11.4 Å². The van der Waals surface area contributed by atoms with Gasteiger partial charge in [0.2, 0.25) is 0 Å². The van der Waals surface area contributed by atoms with Gasteiger partial charge in [-0.25, -0.2) is 4.79 Å². The maximum Gasteiger partial charge on any atom is 0.337 e. The van der Waals surface area contributed by atoms with E-state index in [1.807, 2.05) is 61.5 Å². The van der Waals surface area contributed by atoms with Crippen molar-refractivity contribution >= 4 is 23.3 Å². The van der Waals surface area contributed by atoms with E-state index < -0.39 is 12.0 Å². The lowest BCUT2D eigenvalue weighted by molar-refractivity contribution is -0.117. The Morgan fingerprint density at radius 2 is 1.43 bits per heavy atom. The predicted molar refractivity (Wildman–Crippen MR) is 110 cm³/mol. The zero-order chi connectivity index (χ0) is 19.9. The van der Waals surface area contributed by atoms with Crippen LogP contribution in [0.5, 0.6) is 0 Å². The number of nitrogens with one attached hydrogen (secondary N) is 2. The summed E-state index contributed by atoms with van der Waals surface area (Å²) in [4.78, 5) is 24.6. The van der Waals surface area contributed by atoms with E-state index in [-0.39, 0.29) is 5.91 Å². The summed E-state index contributed by atoms with van der Waals surface area (Å²) >= 11 is 0. The van der Waals surface area contributed by atoms with Crippen LogP contribution >= 0.6 is 0 Å². The van der Waals surface area contributed by atoms with Crippen molar-refractivity contribution in [3.8, 4) is 0 Å². The fraction of sp³-hybridized carbons (Fsp3) is 0.130. The molecule has 2 N–H and O–H groups in total. The topological polar surface area (TPSA) is 67.4 Å². The second-order valence-electron chi connectivity index (χ2n) is 6.41. The lowest BCUT2D eigenvalue weighted by Crippen LogP contribution is -2.27. The van der Waals surface area contributed by atoms with Gasteiger partial charge < -0.3 is 15.4 Å². The van der Waals surface area contributed by atoms with Gasteiger partial charge >= 0.3 is 5.97 Å². The molecule has 0 fully saturated rings. The zero-order valence-electron chi connectivity index (χ0n) is 15.8. The monoisotopic (exact) mass is 374 g/mol. The average Bonchev–Trinajstić information content (AvgIpc) is 2.74. The van der Waals surface area contributed by atoms with Crippen LogP contribution in [0.15, 0.2) is 78.9 Å². The molecule has 1 amide bonds. The highest BCUT2D eigenvalue weighted by Gasteiger charge is 2.21. The summed E-state index contributed by atoms with van der Waals surface area (Å²) in [7, 11) is 1.34. The van der Waals surface area contributed by atoms with Crippen molar-refractivity contribution in [3.63, 3.8) is 0 Å². The molecule has 0 aliphatic carbocycles. The number of esters is 1. The summed E-state index contributed by atoms with van der Waals surface area (Å²) < 4.78 is 4.72. The van der Waals surface area contributed by atoms with Crippen molar-refractivity contribution in [2.75, 3.05) is 17.7 Å². The molecule has 0 aliphatic rings. The average molecular weight is 374 g/mol. The summed E-state index contributed by atoms with van der Waals surface area (Å²) in [6.45, 7) is 2.00. The van der Waals surface area contributed by atoms with Crippen molar-refractivity contribution in [1.82, 2.24) is 0 Å². The van der Waals surface area contributed by atoms with Gasteiger partial charge in [0.25, 0.3) is 5.91 Å². The molecule has 5 nitrogen and oxygen atoms in total. The van der Waals surface area contributed by atoms with Gasteiger partial charge in [0.1, 0.15) is 6.04 Å². The van der Waals surface area contributed by atoms with Crippen LogP contribution in [0.2, 0.25) is 0 Å². The number of anilines is 2. The zero-order valence-corrected chi connectivity index (χ0v) is 15.8. The van der Waals surface area contributed by atoms with Crippen LogP contribution in [0.25, 0.3) is 0 Å². The first-order chi connectivity index (χ1) is 13.6. The highest BCUT2D eigenvalue weighted by Crippen LogP contribution is 2.22. The minimum Gasteiger partial charge on any atom is -0.465 e. The molecule has 28 heavy (non-hydrogen) atoms. The minimum atomic E-state index is -0.591. The Labute approximate surface area is 164 Å². The smallest absolute Gasteiger partial charge is 0.337 e. The van der Waals surface area contributed by atoms with Crippen molar-refractivity contribution < 1.29 is 14.3 Å². The van der Waals surface area contributed by atoms with Crippen LogP contribution in [0.1, 0.15) is 27.5 Å². The van der Waals surface area contributed by atoms with E-state index >= 15 is 0 Å². The Bertz CT molecular complexity index is 936. The molecule has 0 radical (unpaired) electrons. The fourth-order valence-electron chi connectivity index (χ4n) is 2.78. The largest absolute Gasteiger partial charge is 0.465 e. The van der Waals surface area contributed by atoms with E-state index in [1.54, 1.807) is 24.3 Å². The van der Waals surface area contributed by atoms with Gasteiger partial charge in [0.05, 0.1) is 12.7 Å². The summed E-state index contributed by atoms with van der Waals surface area (Å²) in [6.07, 6.45) is 0. The van der Waals surface area contributed by atoms with Crippen LogP contribution < -0.4 is 10.6 Å². The fourth-order valence-corrected chi connectivity index (χ4v) is 2.78. The Morgan fingerprint density at radius 1 is 0.821 bits per heavy atom. The summed E-state index contributed by atoms with van der Waals surface area (Å²) in [5.74, 6) is -0.574. The van der Waals surface area contributed by atoms with Crippen molar-refractivity contribution in [1.29, 1.82) is 0 Å². The lowest BCUT2D eigenvalue weighted by atomic mass is 10.1. The molecule has 0 saturated heterocycles. The molecule has 3 aromatic rings. The third-order valence-corrected chi connectivity index (χ3v) is 4.33. The second-order valence-corrected chi connectivity index (χ2v) is 6.41. The maximum atomic E-state index is 13.0. The molecule has 3 aromatic carbocycles. The van der Waals surface area contributed by atoms with Crippen molar-refractivity contribution in [2.24, 2.45) is 0 Å². The van der Waals surface area contributed by atoms with Gasteiger partial charge in [0.15, 0.2) is 0 Å². The highest BCUT2D eigenvalue weighted by atomic mass is 16.5. The van der Waals surface area contributed by atoms with E-state index in [2.05, 4.69) is 10.6 Å². The van der Waals surface area contributed by atoms with E-state index in [0.717, 1.165) is 22.5 Å². The van der Waals surface area contributed by atoms with E-state index in [9.17, 15) is 9.59 Å². The number of rotatable bonds is 6. The Balaban J connectivity index is 1.82. The molecule has 142 valence electrons. The number of benzene rings is 3. The number of amides is 1. The van der Waals surface area contributed by atoms with E-state index in [0.29, 0.717) is 5.56 Å². The van der Waals surface area contributed by atoms with E-state index in [4.69, 9.17) is 4.74 Å². The van der Waals surface area contributed by atoms with Gasteiger partial charge in [-0.05, 0) is 48.9 Å². The number of hydrogen-bond acceptors (Lipinski definition) is 4. The molecule has 0 heterocycles. The van der Waals surface area contributed by atoms with Gasteiger partial charge in [-0.2, -0.15) is 0 Å². The first-order valence-corrected chi connectivity index (χ1v) is 8.94. The normalized spacial score (nSPS) is 11.4. The maximum absolute atomic E-state index is 13.0. The highest BCUT2D eigenvalue weighted by molar-refractivity contribution is 5.97. The third kappa shape index (κ3) is 4.76. The molecule has 0 aromatic heterocycles. The summed E-state index contributed by atoms with van der Waals surface area (Å²) in [5.41, 5.74) is 3.87. The molecule has 3 rings (SSSR count). The van der Waals surface area contributed by atoms with Crippen LogP contribution in [-0.2, 0) is 9.53 Å². The van der Waals surface area contributed by atoms with Gasteiger partial charge in [-0.15, -0.1) is 0 Å². The minimum absolute atomic E-state index is 0.174. The molecule has 0 saturated carbocycles. The standard InChI is InChI=1S/C23H22N2O3/c1-16-8-12-20(13-9-16)25-22(26)21(17-6-4-3-5-7-17)24-19-14-10-18(11-15-19)23(27)28-2/h3-15,21,24H,1-2H3,(H,25,26)/t21-/m1/s1. The van der Waals surface area contributed by atoms with Crippen LogP contribution in [-0.4, -0.2) is 19.0 Å². The molecule has 0 bridgehead atoms. The van der Waals surface area contributed by atoms with Crippen LogP contribution in [0.3, 0.4) is 0 Å². The number of methoxy groups -OCH3 is 1. The van der Waals surface area contributed by atoms with E-state index in [1.165, 1.54) is 7.11 Å². The molecule has 0 spiro atoms. The molecule has 0 aliphatic heterocycles. The lowest BCUT2D eigenvalue weighted by Gasteiger charge is -2.20. The molecule has 5 heteroatoms. The molecule has 0 unspecified atom stereocenters. The van der Waals surface area contributed by atoms with Gasteiger partial charge in [-0.3, -0.25) is 4.79 Å². The molecule has 1 atom stereocenters. The number of aryl methyl sites for hydroxylation is 1. The second kappa shape index (κ2) is 8.86. The van der Waals surface area contributed by atoms with Crippen LogP contribution in [0.4, 0.5) is 11.4 Å². The third-order valence-electron chi connectivity index (χ3n) is 4.33. The van der Waals surface area contributed by atoms with Gasteiger partial charge in [-0.1, -0.05) is 48.0 Å². The first-order valence-electron chi connectivity index (χ1n) is 8.94. The molecular weight excluding hydrogens is 352 g/mol. The summed E-state index contributed by atoms with van der Waals surface area (Å²) in [5, 5.41) is 6.20. The van der Waals surface area contributed by atoms with Crippen molar-refractivity contribution in [3.05, 3.63) is 95.6 Å². The van der Waals surface area contributed by atoms with Crippen LogP contribution in [0, 0.1) is 6.92 Å². The Hall–Kier alpha value is -3.60.